The van der Waals surface area contributed by atoms with Gasteiger partial charge in [0, 0.05) is 5.39 Å². The Morgan fingerprint density at radius 3 is 2.75 bits per heavy atom. The maximum atomic E-state index is 10.9. The van der Waals surface area contributed by atoms with E-state index in [1.54, 1.807) is 0 Å². The van der Waals surface area contributed by atoms with Crippen LogP contribution >= 0.6 is 0 Å². The molecule has 106 valence electrons. The molecule has 1 aromatic heterocycles. The summed E-state index contributed by atoms with van der Waals surface area (Å²) in [7, 11) is 0. The molecule has 1 fully saturated rings. The fraction of sp³-hybridized carbons (Fsp3) is 0.471. The van der Waals surface area contributed by atoms with Gasteiger partial charge in [-0.25, -0.2) is 0 Å². The molecule has 0 radical (unpaired) electrons. The van der Waals surface area contributed by atoms with Crippen molar-refractivity contribution in [2.24, 2.45) is 0 Å². The molecule has 1 aliphatic carbocycles. The largest absolute Gasteiger partial charge is 0.481 e. The maximum Gasteiger partial charge on any atom is 0.311 e. The van der Waals surface area contributed by atoms with Crippen LogP contribution in [0, 0.1) is 6.92 Å². The number of furan rings is 1. The third-order valence-corrected chi connectivity index (χ3v) is 4.45. The Kier molecular flexibility index (Phi) is 3.51. The lowest BCUT2D eigenvalue weighted by molar-refractivity contribution is -0.136. The van der Waals surface area contributed by atoms with Crippen LogP contribution in [0.3, 0.4) is 0 Å². The molecule has 0 amide bonds. The third-order valence-electron chi connectivity index (χ3n) is 4.45. The van der Waals surface area contributed by atoms with Gasteiger partial charge < -0.3 is 9.52 Å². The van der Waals surface area contributed by atoms with Crippen LogP contribution in [0.4, 0.5) is 0 Å². The van der Waals surface area contributed by atoms with E-state index in [-0.39, 0.29) is 6.42 Å². The molecule has 3 rings (SSSR count). The Hall–Kier alpha value is -1.77. The van der Waals surface area contributed by atoms with E-state index in [2.05, 4.69) is 12.1 Å². The second-order valence-corrected chi connectivity index (χ2v) is 5.81. The predicted octanol–water partition coefficient (Wildman–Crippen LogP) is 4.42. The molecule has 0 saturated heterocycles. The molecule has 2 aromatic rings. The van der Waals surface area contributed by atoms with Gasteiger partial charge in [-0.05, 0) is 48.9 Å². The highest BCUT2D eigenvalue weighted by atomic mass is 16.4. The van der Waals surface area contributed by atoms with Gasteiger partial charge in [-0.3, -0.25) is 4.79 Å². The molecule has 0 spiro atoms. The van der Waals surface area contributed by atoms with E-state index in [0.717, 1.165) is 16.5 Å². The van der Waals surface area contributed by atoms with Gasteiger partial charge >= 0.3 is 5.97 Å². The van der Waals surface area contributed by atoms with Crippen molar-refractivity contribution in [3.8, 4) is 0 Å². The normalized spacial score (nSPS) is 16.6. The zero-order valence-electron chi connectivity index (χ0n) is 11.8. The van der Waals surface area contributed by atoms with Crippen molar-refractivity contribution in [2.45, 2.75) is 51.4 Å². The van der Waals surface area contributed by atoms with Crippen molar-refractivity contribution in [3.05, 3.63) is 35.1 Å². The Bertz CT molecular complexity index is 633. The molecule has 1 saturated carbocycles. The number of carboxylic acids is 1. The van der Waals surface area contributed by atoms with Crippen LogP contribution in [0.15, 0.2) is 22.6 Å². The first-order valence-corrected chi connectivity index (χ1v) is 7.39. The van der Waals surface area contributed by atoms with Gasteiger partial charge in [0.1, 0.15) is 17.8 Å². The number of aliphatic carboxylic acids is 1. The standard InChI is InChI=1S/C17H20O3/c1-11-14-9-13(12-5-3-2-4-6-12)7-8-15(14)20-16(11)10-17(18)19/h7-9,12H,2-6,10H2,1H3,(H,18,19). The van der Waals surface area contributed by atoms with Crippen molar-refractivity contribution < 1.29 is 14.3 Å². The Morgan fingerprint density at radius 2 is 2.05 bits per heavy atom. The molecular weight excluding hydrogens is 252 g/mol. The van der Waals surface area contributed by atoms with Gasteiger partial charge in [-0.2, -0.15) is 0 Å². The summed E-state index contributed by atoms with van der Waals surface area (Å²) in [5.74, 6) is 0.387. The molecule has 20 heavy (non-hydrogen) atoms. The molecule has 1 aliphatic rings. The fourth-order valence-corrected chi connectivity index (χ4v) is 3.29. The zero-order valence-corrected chi connectivity index (χ0v) is 11.8. The van der Waals surface area contributed by atoms with Crippen molar-refractivity contribution in [3.63, 3.8) is 0 Å². The summed E-state index contributed by atoms with van der Waals surface area (Å²) < 4.78 is 5.67. The summed E-state index contributed by atoms with van der Waals surface area (Å²) in [5, 5.41) is 9.99. The molecule has 0 atom stereocenters. The number of hydrogen-bond donors (Lipinski definition) is 1. The van der Waals surface area contributed by atoms with Gasteiger partial charge in [-0.15, -0.1) is 0 Å². The number of hydrogen-bond acceptors (Lipinski definition) is 2. The van der Waals surface area contributed by atoms with Gasteiger partial charge in [0.05, 0.1) is 0 Å². The van der Waals surface area contributed by atoms with Crippen LogP contribution in [-0.2, 0) is 11.2 Å². The number of fused-ring (bicyclic) bond motifs is 1. The van der Waals surface area contributed by atoms with Crippen LogP contribution in [0.1, 0.15) is 54.9 Å². The Balaban J connectivity index is 1.97. The lowest BCUT2D eigenvalue weighted by atomic mass is 9.83. The third kappa shape index (κ3) is 2.45. The molecule has 1 aromatic carbocycles. The second-order valence-electron chi connectivity index (χ2n) is 5.81. The number of aryl methyl sites for hydroxylation is 1. The van der Waals surface area contributed by atoms with E-state index in [9.17, 15) is 4.79 Å². The first-order chi connectivity index (χ1) is 9.65. The quantitative estimate of drug-likeness (QED) is 0.900. The molecule has 0 unspecified atom stereocenters. The van der Waals surface area contributed by atoms with Gasteiger partial charge in [0.2, 0.25) is 0 Å². The molecule has 1 N–H and O–H groups in total. The number of carbonyl (C=O) groups is 1. The summed E-state index contributed by atoms with van der Waals surface area (Å²) in [6.45, 7) is 1.95. The van der Waals surface area contributed by atoms with Crippen LogP contribution in [0.5, 0.6) is 0 Å². The SMILES string of the molecule is Cc1c(CC(=O)O)oc2ccc(C3CCCCC3)cc12. The predicted molar refractivity (Wildman–Crippen MR) is 78.1 cm³/mol. The molecule has 3 heteroatoms. The summed E-state index contributed by atoms with van der Waals surface area (Å²) in [6.07, 6.45) is 6.48. The van der Waals surface area contributed by atoms with Gasteiger partial charge in [0.15, 0.2) is 0 Å². The molecule has 0 aliphatic heterocycles. The van der Waals surface area contributed by atoms with Crippen molar-refractivity contribution >= 4 is 16.9 Å². The van der Waals surface area contributed by atoms with Crippen LogP contribution in [0.2, 0.25) is 0 Å². The summed E-state index contributed by atoms with van der Waals surface area (Å²) in [4.78, 5) is 10.9. The smallest absolute Gasteiger partial charge is 0.311 e. The Morgan fingerprint density at radius 1 is 1.30 bits per heavy atom. The van der Waals surface area contributed by atoms with Crippen LogP contribution in [0.25, 0.3) is 11.0 Å². The minimum Gasteiger partial charge on any atom is -0.481 e. The van der Waals surface area contributed by atoms with E-state index >= 15 is 0 Å². The summed E-state index contributed by atoms with van der Waals surface area (Å²) in [5.41, 5.74) is 3.15. The van der Waals surface area contributed by atoms with Crippen molar-refractivity contribution in [1.82, 2.24) is 0 Å². The molecule has 3 nitrogen and oxygen atoms in total. The second kappa shape index (κ2) is 5.31. The van der Waals surface area contributed by atoms with E-state index in [0.29, 0.717) is 11.7 Å². The van der Waals surface area contributed by atoms with Gasteiger partial charge in [0.25, 0.3) is 0 Å². The summed E-state index contributed by atoms with van der Waals surface area (Å²) in [6, 6.07) is 6.35. The zero-order chi connectivity index (χ0) is 14.1. The molecule has 0 bridgehead atoms. The van der Waals surface area contributed by atoms with Crippen LogP contribution < -0.4 is 0 Å². The average molecular weight is 272 g/mol. The summed E-state index contributed by atoms with van der Waals surface area (Å²) >= 11 is 0. The lowest BCUT2D eigenvalue weighted by Gasteiger charge is -2.21. The van der Waals surface area contributed by atoms with E-state index in [4.69, 9.17) is 9.52 Å². The first kappa shape index (κ1) is 13.2. The minimum absolute atomic E-state index is 0.0424. The van der Waals surface area contributed by atoms with E-state index < -0.39 is 5.97 Å². The van der Waals surface area contributed by atoms with Crippen molar-refractivity contribution in [1.29, 1.82) is 0 Å². The van der Waals surface area contributed by atoms with E-state index in [1.165, 1.54) is 37.7 Å². The highest BCUT2D eigenvalue weighted by molar-refractivity contribution is 5.84. The highest BCUT2D eigenvalue weighted by Crippen LogP contribution is 2.35. The lowest BCUT2D eigenvalue weighted by Crippen LogP contribution is -2.04. The van der Waals surface area contributed by atoms with Crippen LogP contribution in [-0.4, -0.2) is 11.1 Å². The highest BCUT2D eigenvalue weighted by Gasteiger charge is 2.18. The van der Waals surface area contributed by atoms with E-state index in [1.807, 2.05) is 13.0 Å². The average Bonchev–Trinajstić information content (AvgIpc) is 2.75. The topological polar surface area (TPSA) is 50.4 Å². The molecule has 1 heterocycles. The monoisotopic (exact) mass is 272 g/mol. The Labute approximate surface area is 118 Å². The number of benzene rings is 1. The van der Waals surface area contributed by atoms with Gasteiger partial charge in [-0.1, -0.05) is 25.3 Å². The minimum atomic E-state index is -0.848. The van der Waals surface area contributed by atoms with Crippen molar-refractivity contribution in [2.75, 3.05) is 0 Å². The molecular formula is C17H20O3. The number of rotatable bonds is 3. The number of carboxylic acid groups (broad SMARTS) is 1. The maximum absolute atomic E-state index is 10.9. The fourth-order valence-electron chi connectivity index (χ4n) is 3.29. The first-order valence-electron chi connectivity index (χ1n) is 7.39.